The molecule has 1 aromatic carbocycles. The van der Waals surface area contributed by atoms with Gasteiger partial charge in [0.05, 0.1) is 17.2 Å². The molecule has 1 saturated heterocycles. The zero-order valence-electron chi connectivity index (χ0n) is 17.3. The lowest BCUT2D eigenvalue weighted by atomic mass is 9.79. The molecule has 0 amide bonds. The van der Waals surface area contributed by atoms with Crippen molar-refractivity contribution in [2.75, 3.05) is 11.9 Å². The highest BCUT2D eigenvalue weighted by atomic mass is 15.3. The Kier molecular flexibility index (Phi) is 4.54. The Bertz CT molecular complexity index is 964. The minimum Gasteiger partial charge on any atom is -0.355 e. The molecular weight excluding hydrogens is 348 g/mol. The van der Waals surface area contributed by atoms with E-state index in [-0.39, 0.29) is 11.1 Å². The van der Waals surface area contributed by atoms with Crippen LogP contribution in [0.2, 0.25) is 0 Å². The Morgan fingerprint density at radius 3 is 2.21 bits per heavy atom. The minimum atomic E-state index is 0.0920. The summed E-state index contributed by atoms with van der Waals surface area (Å²) in [6.07, 6.45) is 3.88. The summed E-state index contributed by atoms with van der Waals surface area (Å²) in [4.78, 5) is 11.4. The fourth-order valence-corrected chi connectivity index (χ4v) is 4.46. The average Bonchev–Trinajstić information content (AvgIpc) is 2.65. The smallest absolute Gasteiger partial charge is 0.151 e. The second-order valence-corrected chi connectivity index (χ2v) is 9.09. The zero-order valence-corrected chi connectivity index (χ0v) is 17.3. The van der Waals surface area contributed by atoms with E-state index in [0.717, 1.165) is 41.1 Å². The molecule has 0 bridgehead atoms. The maximum Gasteiger partial charge on any atom is 0.151 e. The molecule has 1 N–H and O–H groups in total. The Labute approximate surface area is 166 Å². The quantitative estimate of drug-likeness (QED) is 0.749. The molecule has 4 rings (SSSR count). The number of nitrogens with zero attached hydrogens (tertiary/aromatic N) is 5. The first-order valence-electron chi connectivity index (χ1n) is 9.81. The number of aromatic nitrogens is 4. The van der Waals surface area contributed by atoms with Crippen molar-refractivity contribution in [2.24, 2.45) is 0 Å². The standard InChI is InChI=1S/C22H28N6/c1-21(2)12-15(13-22(3,4)27-21)28(5)20-11-10-18(25-26-20)19-14-23-16-8-6-7-9-17(16)24-19/h6-11,14-15,27H,12-13H2,1-5H3. The predicted octanol–water partition coefficient (Wildman–Crippen LogP) is 3.83. The van der Waals surface area contributed by atoms with Gasteiger partial charge in [-0.05, 0) is 64.8 Å². The van der Waals surface area contributed by atoms with E-state index in [1.165, 1.54) is 0 Å². The number of para-hydroxylation sites is 2. The van der Waals surface area contributed by atoms with Crippen molar-refractivity contribution in [3.8, 4) is 11.4 Å². The van der Waals surface area contributed by atoms with E-state index in [0.29, 0.717) is 6.04 Å². The fraction of sp³-hybridized carbons (Fsp3) is 0.455. The van der Waals surface area contributed by atoms with Crippen LogP contribution >= 0.6 is 0 Å². The molecule has 3 aromatic rings. The van der Waals surface area contributed by atoms with Crippen LogP contribution in [-0.2, 0) is 0 Å². The first kappa shape index (κ1) is 18.7. The predicted molar refractivity (Wildman–Crippen MR) is 113 cm³/mol. The van der Waals surface area contributed by atoms with Gasteiger partial charge < -0.3 is 10.2 Å². The van der Waals surface area contributed by atoms with Gasteiger partial charge in [-0.2, -0.15) is 0 Å². The Hall–Kier alpha value is -2.60. The number of hydrogen-bond acceptors (Lipinski definition) is 6. The van der Waals surface area contributed by atoms with E-state index in [1.54, 1.807) is 6.20 Å². The van der Waals surface area contributed by atoms with Crippen LogP contribution in [0.5, 0.6) is 0 Å². The molecule has 146 valence electrons. The van der Waals surface area contributed by atoms with Crippen molar-refractivity contribution in [1.82, 2.24) is 25.5 Å². The third kappa shape index (κ3) is 3.83. The first-order chi connectivity index (χ1) is 13.2. The third-order valence-corrected chi connectivity index (χ3v) is 5.44. The van der Waals surface area contributed by atoms with Gasteiger partial charge >= 0.3 is 0 Å². The third-order valence-electron chi connectivity index (χ3n) is 5.44. The number of nitrogens with one attached hydrogen (secondary N) is 1. The maximum absolute atomic E-state index is 4.66. The molecule has 0 aliphatic carbocycles. The molecule has 1 aliphatic heterocycles. The largest absolute Gasteiger partial charge is 0.355 e. The topological polar surface area (TPSA) is 66.8 Å². The summed E-state index contributed by atoms with van der Waals surface area (Å²) in [7, 11) is 2.11. The van der Waals surface area contributed by atoms with Crippen molar-refractivity contribution in [1.29, 1.82) is 0 Å². The molecule has 3 heterocycles. The molecule has 6 nitrogen and oxygen atoms in total. The summed E-state index contributed by atoms with van der Waals surface area (Å²) in [5.41, 5.74) is 3.41. The number of piperidine rings is 1. The van der Waals surface area contributed by atoms with Crippen LogP contribution in [0.4, 0.5) is 5.82 Å². The normalized spacial score (nSPS) is 18.9. The van der Waals surface area contributed by atoms with Crippen molar-refractivity contribution < 1.29 is 0 Å². The molecule has 2 aromatic heterocycles. The molecular formula is C22H28N6. The van der Waals surface area contributed by atoms with Crippen molar-refractivity contribution >= 4 is 16.9 Å². The van der Waals surface area contributed by atoms with Gasteiger partial charge in [0.2, 0.25) is 0 Å². The SMILES string of the molecule is CN(c1ccc(-c2cnc3ccccc3n2)nn1)C1CC(C)(C)NC(C)(C)C1. The number of hydrogen-bond donors (Lipinski definition) is 1. The first-order valence-corrected chi connectivity index (χ1v) is 9.81. The van der Waals surface area contributed by atoms with Crippen molar-refractivity contribution in [3.05, 3.63) is 42.6 Å². The molecule has 0 saturated carbocycles. The van der Waals surface area contributed by atoms with Crippen LogP contribution in [0.1, 0.15) is 40.5 Å². The summed E-state index contributed by atoms with van der Waals surface area (Å²) in [6, 6.07) is 12.3. The number of rotatable bonds is 3. The van der Waals surface area contributed by atoms with Gasteiger partial charge in [-0.15, -0.1) is 10.2 Å². The van der Waals surface area contributed by atoms with Gasteiger partial charge in [-0.3, -0.25) is 4.98 Å². The monoisotopic (exact) mass is 376 g/mol. The number of benzene rings is 1. The lowest BCUT2D eigenvalue weighted by Crippen LogP contribution is -2.62. The van der Waals surface area contributed by atoms with Crippen LogP contribution in [0.3, 0.4) is 0 Å². The highest BCUT2D eigenvalue weighted by Gasteiger charge is 2.39. The maximum atomic E-state index is 4.66. The van der Waals surface area contributed by atoms with E-state index >= 15 is 0 Å². The average molecular weight is 377 g/mol. The summed E-state index contributed by atoms with van der Waals surface area (Å²) in [6.45, 7) is 9.06. The summed E-state index contributed by atoms with van der Waals surface area (Å²) in [5.74, 6) is 0.885. The van der Waals surface area contributed by atoms with Crippen LogP contribution in [0.25, 0.3) is 22.4 Å². The molecule has 0 spiro atoms. The van der Waals surface area contributed by atoms with Crippen molar-refractivity contribution in [2.45, 2.75) is 57.7 Å². The molecule has 0 atom stereocenters. The Balaban J connectivity index is 1.57. The molecule has 28 heavy (non-hydrogen) atoms. The van der Waals surface area contributed by atoms with E-state index in [1.807, 2.05) is 36.4 Å². The highest BCUT2D eigenvalue weighted by Crippen LogP contribution is 2.32. The second-order valence-electron chi connectivity index (χ2n) is 9.09. The van der Waals surface area contributed by atoms with Gasteiger partial charge in [0, 0.05) is 24.2 Å². The molecule has 1 fully saturated rings. The van der Waals surface area contributed by atoms with E-state index in [4.69, 9.17) is 0 Å². The van der Waals surface area contributed by atoms with Gasteiger partial charge in [0.15, 0.2) is 5.82 Å². The lowest BCUT2D eigenvalue weighted by molar-refractivity contribution is 0.160. The summed E-state index contributed by atoms with van der Waals surface area (Å²) in [5, 5.41) is 12.7. The van der Waals surface area contributed by atoms with Gasteiger partial charge in [0.1, 0.15) is 11.4 Å². The molecule has 0 radical (unpaired) electrons. The van der Waals surface area contributed by atoms with Crippen LogP contribution in [0.15, 0.2) is 42.6 Å². The molecule has 0 unspecified atom stereocenters. The fourth-order valence-electron chi connectivity index (χ4n) is 4.46. The van der Waals surface area contributed by atoms with Gasteiger partial charge in [0.25, 0.3) is 0 Å². The summed E-state index contributed by atoms with van der Waals surface area (Å²) >= 11 is 0. The minimum absolute atomic E-state index is 0.0920. The number of fused-ring (bicyclic) bond motifs is 1. The van der Waals surface area contributed by atoms with E-state index in [9.17, 15) is 0 Å². The Morgan fingerprint density at radius 2 is 1.57 bits per heavy atom. The molecule has 6 heteroatoms. The van der Waals surface area contributed by atoms with E-state index in [2.05, 4.69) is 65.1 Å². The van der Waals surface area contributed by atoms with Crippen LogP contribution in [-0.4, -0.2) is 44.3 Å². The van der Waals surface area contributed by atoms with Gasteiger partial charge in [-0.1, -0.05) is 12.1 Å². The molecule has 1 aliphatic rings. The zero-order chi connectivity index (χ0) is 19.9. The Morgan fingerprint density at radius 1 is 0.893 bits per heavy atom. The highest BCUT2D eigenvalue weighted by molar-refractivity contribution is 5.76. The lowest BCUT2D eigenvalue weighted by Gasteiger charge is -2.49. The number of anilines is 1. The van der Waals surface area contributed by atoms with Crippen LogP contribution in [0, 0.1) is 0 Å². The van der Waals surface area contributed by atoms with E-state index < -0.39 is 0 Å². The second kappa shape index (κ2) is 6.78. The van der Waals surface area contributed by atoms with Crippen molar-refractivity contribution in [3.63, 3.8) is 0 Å². The van der Waals surface area contributed by atoms with Crippen LogP contribution < -0.4 is 10.2 Å². The summed E-state index contributed by atoms with van der Waals surface area (Å²) < 4.78 is 0. The van der Waals surface area contributed by atoms with Gasteiger partial charge in [-0.25, -0.2) is 4.98 Å².